The summed E-state index contributed by atoms with van der Waals surface area (Å²) in [5.74, 6) is 1.27. The number of methoxy groups -OCH3 is 2. The molecule has 0 aliphatic carbocycles. The number of unbranched alkanes of at least 4 members (excludes halogenated alkanes) is 1. The highest BCUT2D eigenvalue weighted by molar-refractivity contribution is 7.89. The lowest BCUT2D eigenvalue weighted by molar-refractivity contribution is 0.351. The molecule has 0 saturated carbocycles. The topological polar surface area (TPSA) is 64.6 Å². The summed E-state index contributed by atoms with van der Waals surface area (Å²) in [5, 5.41) is 0. The van der Waals surface area contributed by atoms with Crippen LogP contribution in [-0.4, -0.2) is 29.2 Å². The summed E-state index contributed by atoms with van der Waals surface area (Å²) in [4.78, 5) is 0.287. The van der Waals surface area contributed by atoms with Crippen LogP contribution in [0.15, 0.2) is 47.4 Å². The van der Waals surface area contributed by atoms with Crippen molar-refractivity contribution in [1.82, 2.24) is 4.72 Å². The maximum atomic E-state index is 12.5. The highest BCUT2D eigenvalue weighted by atomic mass is 32.2. The van der Waals surface area contributed by atoms with Gasteiger partial charge in [0.2, 0.25) is 10.0 Å². The molecule has 0 aliphatic heterocycles. The first-order chi connectivity index (χ1) is 12.5. The predicted molar refractivity (Wildman–Crippen MR) is 103 cm³/mol. The SMILES string of the molecule is CCCCc1ccc(S(=O)(=O)NCCc2cccc(OC)c2OC)cc1. The number of aryl methyl sites for hydroxylation is 1. The highest BCUT2D eigenvalue weighted by Crippen LogP contribution is 2.30. The number of ether oxygens (including phenoxy) is 2. The molecule has 6 heteroatoms. The van der Waals surface area contributed by atoms with Crippen LogP contribution in [0.1, 0.15) is 30.9 Å². The van der Waals surface area contributed by atoms with Crippen molar-refractivity contribution < 1.29 is 17.9 Å². The fraction of sp³-hybridized carbons (Fsp3) is 0.400. The Hall–Kier alpha value is -2.05. The summed E-state index contributed by atoms with van der Waals surface area (Å²) in [6.07, 6.45) is 3.70. The number of para-hydroxylation sites is 1. The Balaban J connectivity index is 2.00. The van der Waals surface area contributed by atoms with E-state index >= 15 is 0 Å². The molecule has 2 rings (SSSR count). The summed E-state index contributed by atoms with van der Waals surface area (Å²) in [7, 11) is -0.372. The molecule has 5 nitrogen and oxygen atoms in total. The third-order valence-corrected chi connectivity index (χ3v) is 5.70. The van der Waals surface area contributed by atoms with Crippen LogP contribution in [0.25, 0.3) is 0 Å². The van der Waals surface area contributed by atoms with Gasteiger partial charge in [-0.25, -0.2) is 13.1 Å². The quantitative estimate of drug-likeness (QED) is 0.687. The van der Waals surface area contributed by atoms with Crippen LogP contribution in [-0.2, 0) is 22.9 Å². The van der Waals surface area contributed by atoms with Crippen LogP contribution in [0.3, 0.4) is 0 Å². The summed E-state index contributed by atoms with van der Waals surface area (Å²) in [5.41, 5.74) is 2.05. The van der Waals surface area contributed by atoms with Crippen molar-refractivity contribution in [2.75, 3.05) is 20.8 Å². The van der Waals surface area contributed by atoms with Gasteiger partial charge in [0.1, 0.15) is 0 Å². The lowest BCUT2D eigenvalue weighted by Crippen LogP contribution is -2.26. The van der Waals surface area contributed by atoms with Crippen molar-refractivity contribution in [2.24, 2.45) is 0 Å². The summed E-state index contributed by atoms with van der Waals surface area (Å²) >= 11 is 0. The minimum absolute atomic E-state index is 0.281. The molecule has 0 unspecified atom stereocenters. The fourth-order valence-corrected chi connectivity index (χ4v) is 3.80. The lowest BCUT2D eigenvalue weighted by atomic mass is 10.1. The van der Waals surface area contributed by atoms with Gasteiger partial charge in [-0.05, 0) is 48.6 Å². The molecule has 0 atom stereocenters. The van der Waals surface area contributed by atoms with Crippen molar-refractivity contribution in [1.29, 1.82) is 0 Å². The zero-order valence-corrected chi connectivity index (χ0v) is 16.4. The molecule has 0 saturated heterocycles. The maximum Gasteiger partial charge on any atom is 0.240 e. The van der Waals surface area contributed by atoms with Gasteiger partial charge in [-0.2, -0.15) is 0 Å². The second-order valence-corrected chi connectivity index (χ2v) is 7.81. The van der Waals surface area contributed by atoms with E-state index in [1.165, 1.54) is 0 Å². The zero-order valence-electron chi connectivity index (χ0n) is 15.6. The largest absolute Gasteiger partial charge is 0.493 e. The number of rotatable bonds is 10. The summed E-state index contributed by atoms with van der Waals surface area (Å²) < 4.78 is 38.2. The molecule has 2 aromatic rings. The van der Waals surface area contributed by atoms with Crippen LogP contribution in [0.5, 0.6) is 11.5 Å². The molecule has 0 aromatic heterocycles. The smallest absolute Gasteiger partial charge is 0.240 e. The molecule has 0 fully saturated rings. The Morgan fingerprint density at radius 3 is 2.31 bits per heavy atom. The first kappa shape index (κ1) is 20.3. The Bertz CT molecular complexity index is 801. The fourth-order valence-electron chi connectivity index (χ4n) is 2.77. The van der Waals surface area contributed by atoms with Crippen LogP contribution < -0.4 is 14.2 Å². The first-order valence-electron chi connectivity index (χ1n) is 8.80. The van der Waals surface area contributed by atoms with E-state index in [1.54, 1.807) is 26.4 Å². The van der Waals surface area contributed by atoms with Crippen LogP contribution in [0.4, 0.5) is 0 Å². The zero-order chi connectivity index (χ0) is 19.0. The highest BCUT2D eigenvalue weighted by Gasteiger charge is 2.15. The third kappa shape index (κ3) is 5.22. The minimum atomic E-state index is -3.53. The second-order valence-electron chi connectivity index (χ2n) is 6.05. The molecule has 0 heterocycles. The van der Waals surface area contributed by atoms with Crippen molar-refractivity contribution >= 4 is 10.0 Å². The van der Waals surface area contributed by atoms with E-state index in [2.05, 4.69) is 11.6 Å². The number of sulfonamides is 1. The van der Waals surface area contributed by atoms with E-state index in [-0.39, 0.29) is 11.4 Å². The van der Waals surface area contributed by atoms with Gasteiger partial charge in [0.15, 0.2) is 11.5 Å². The normalized spacial score (nSPS) is 11.3. The summed E-state index contributed by atoms with van der Waals surface area (Å²) in [6, 6.07) is 12.7. The minimum Gasteiger partial charge on any atom is -0.493 e. The third-order valence-electron chi connectivity index (χ3n) is 4.22. The van der Waals surface area contributed by atoms with Gasteiger partial charge in [-0.3, -0.25) is 0 Å². The molecule has 0 aliphatic rings. The molecular weight excluding hydrogens is 350 g/mol. The Kier molecular flexibility index (Phi) is 7.48. The van der Waals surface area contributed by atoms with Gasteiger partial charge in [-0.15, -0.1) is 0 Å². The van der Waals surface area contributed by atoms with Gasteiger partial charge >= 0.3 is 0 Å². The van der Waals surface area contributed by atoms with Crippen molar-refractivity contribution in [3.8, 4) is 11.5 Å². The van der Waals surface area contributed by atoms with Crippen molar-refractivity contribution in [3.05, 3.63) is 53.6 Å². The second kappa shape index (κ2) is 9.59. The molecule has 0 bridgehead atoms. The van der Waals surface area contributed by atoms with Gasteiger partial charge < -0.3 is 9.47 Å². The predicted octanol–water partition coefficient (Wildman–Crippen LogP) is 3.57. The maximum absolute atomic E-state index is 12.5. The van der Waals surface area contributed by atoms with Crippen LogP contribution in [0.2, 0.25) is 0 Å². The van der Waals surface area contributed by atoms with Gasteiger partial charge in [0, 0.05) is 6.54 Å². The standard InChI is InChI=1S/C20H27NO4S/c1-4-5-7-16-10-12-18(13-11-16)26(22,23)21-15-14-17-8-6-9-19(24-2)20(17)25-3/h6,8-13,21H,4-5,7,14-15H2,1-3H3. The van der Waals surface area contributed by atoms with Gasteiger partial charge in [-0.1, -0.05) is 37.6 Å². The van der Waals surface area contributed by atoms with Crippen LogP contribution >= 0.6 is 0 Å². The summed E-state index contributed by atoms with van der Waals surface area (Å²) in [6.45, 7) is 2.42. The molecule has 0 spiro atoms. The number of hydrogen-bond donors (Lipinski definition) is 1. The molecule has 2 aromatic carbocycles. The first-order valence-corrected chi connectivity index (χ1v) is 10.3. The van der Waals surface area contributed by atoms with Gasteiger partial charge in [0.25, 0.3) is 0 Å². The molecule has 26 heavy (non-hydrogen) atoms. The van der Waals surface area contributed by atoms with E-state index in [9.17, 15) is 8.42 Å². The average molecular weight is 378 g/mol. The van der Waals surface area contributed by atoms with E-state index in [1.807, 2.05) is 30.3 Å². The van der Waals surface area contributed by atoms with E-state index in [4.69, 9.17) is 9.47 Å². The Labute approximate surface area is 156 Å². The molecule has 142 valence electrons. The average Bonchev–Trinajstić information content (AvgIpc) is 2.66. The van der Waals surface area contributed by atoms with Crippen molar-refractivity contribution in [2.45, 2.75) is 37.5 Å². The van der Waals surface area contributed by atoms with Gasteiger partial charge in [0.05, 0.1) is 19.1 Å². The number of nitrogens with one attached hydrogen (secondary N) is 1. The molecule has 0 amide bonds. The lowest BCUT2D eigenvalue weighted by Gasteiger charge is -2.13. The molecule has 0 radical (unpaired) electrons. The van der Waals surface area contributed by atoms with Crippen molar-refractivity contribution in [3.63, 3.8) is 0 Å². The van der Waals surface area contributed by atoms with E-state index < -0.39 is 10.0 Å². The monoisotopic (exact) mass is 377 g/mol. The number of benzene rings is 2. The molecular formula is C20H27NO4S. The van der Waals surface area contributed by atoms with E-state index in [0.29, 0.717) is 17.9 Å². The Morgan fingerprint density at radius 1 is 0.962 bits per heavy atom. The number of hydrogen-bond acceptors (Lipinski definition) is 4. The molecule has 1 N–H and O–H groups in total. The van der Waals surface area contributed by atoms with E-state index in [0.717, 1.165) is 30.4 Å². The van der Waals surface area contributed by atoms with Crippen LogP contribution in [0, 0.1) is 0 Å². The Morgan fingerprint density at radius 2 is 1.69 bits per heavy atom.